The van der Waals surface area contributed by atoms with Crippen LogP contribution in [-0.2, 0) is 6.54 Å². The second-order valence-electron chi connectivity index (χ2n) is 4.84. The summed E-state index contributed by atoms with van der Waals surface area (Å²) in [6.45, 7) is 4.97. The first-order chi connectivity index (χ1) is 9.06. The summed E-state index contributed by atoms with van der Waals surface area (Å²) < 4.78 is 13.0. The molecule has 0 atom stereocenters. The van der Waals surface area contributed by atoms with Crippen molar-refractivity contribution in [2.24, 2.45) is 0 Å². The highest BCUT2D eigenvalue weighted by atomic mass is 35.5. The molecular weight excluding hydrogens is 261 g/mol. The highest BCUT2D eigenvalue weighted by molar-refractivity contribution is 6.30. The lowest BCUT2D eigenvalue weighted by Crippen LogP contribution is -2.22. The second-order valence-corrected chi connectivity index (χ2v) is 5.28. The normalized spacial score (nSPS) is 11.0. The Morgan fingerprint density at radius 1 is 1.11 bits per heavy atom. The maximum Gasteiger partial charge on any atom is 0.123 e. The molecule has 0 aromatic heterocycles. The van der Waals surface area contributed by atoms with Crippen LogP contribution in [0, 0.1) is 5.82 Å². The molecule has 0 radical (unpaired) electrons. The van der Waals surface area contributed by atoms with Crippen molar-refractivity contribution in [1.29, 1.82) is 0 Å². The minimum atomic E-state index is -0.229. The van der Waals surface area contributed by atoms with Crippen LogP contribution in [0.15, 0.2) is 42.5 Å². The maximum atomic E-state index is 13.0. The van der Waals surface area contributed by atoms with Crippen LogP contribution in [0.3, 0.4) is 0 Å². The first kappa shape index (κ1) is 14.0. The van der Waals surface area contributed by atoms with Crippen molar-refractivity contribution in [3.05, 3.63) is 58.9 Å². The minimum Gasteiger partial charge on any atom is -0.310 e. The van der Waals surface area contributed by atoms with E-state index in [1.807, 2.05) is 18.2 Å². The van der Waals surface area contributed by atoms with Gasteiger partial charge in [0.15, 0.2) is 0 Å². The summed E-state index contributed by atoms with van der Waals surface area (Å²) in [7, 11) is 0. The fraction of sp³-hybridized carbons (Fsp3) is 0.250. The van der Waals surface area contributed by atoms with E-state index in [0.29, 0.717) is 11.1 Å². The monoisotopic (exact) mass is 277 g/mol. The van der Waals surface area contributed by atoms with Crippen molar-refractivity contribution >= 4 is 11.6 Å². The van der Waals surface area contributed by atoms with Gasteiger partial charge < -0.3 is 5.32 Å². The van der Waals surface area contributed by atoms with Gasteiger partial charge in [0.05, 0.1) is 0 Å². The Hall–Kier alpha value is -1.38. The molecule has 0 fully saturated rings. The minimum absolute atomic E-state index is 0.229. The molecule has 0 unspecified atom stereocenters. The molecule has 0 amide bonds. The molecule has 3 heteroatoms. The summed E-state index contributed by atoms with van der Waals surface area (Å²) in [4.78, 5) is 0. The number of hydrogen-bond acceptors (Lipinski definition) is 1. The van der Waals surface area contributed by atoms with Crippen LogP contribution in [0.1, 0.15) is 19.4 Å². The maximum absolute atomic E-state index is 13.0. The zero-order valence-electron chi connectivity index (χ0n) is 11.1. The van der Waals surface area contributed by atoms with Crippen molar-refractivity contribution in [3.8, 4) is 11.1 Å². The average Bonchev–Trinajstić information content (AvgIpc) is 2.38. The number of nitrogens with one attached hydrogen (secondary N) is 1. The third-order valence-electron chi connectivity index (χ3n) is 2.93. The predicted octanol–water partition coefficient (Wildman–Crippen LogP) is 4.64. The van der Waals surface area contributed by atoms with Crippen LogP contribution in [0.5, 0.6) is 0 Å². The van der Waals surface area contributed by atoms with Gasteiger partial charge in [-0.3, -0.25) is 0 Å². The summed E-state index contributed by atoms with van der Waals surface area (Å²) >= 11 is 6.07. The Balaban J connectivity index is 2.36. The molecular formula is C16H17ClFN. The lowest BCUT2D eigenvalue weighted by molar-refractivity contribution is 0.589. The predicted molar refractivity (Wildman–Crippen MR) is 78.8 cm³/mol. The largest absolute Gasteiger partial charge is 0.310 e. The van der Waals surface area contributed by atoms with Crippen LogP contribution in [0.4, 0.5) is 4.39 Å². The molecule has 2 aromatic rings. The first-order valence-electron chi connectivity index (χ1n) is 6.34. The summed E-state index contributed by atoms with van der Waals surface area (Å²) in [5.74, 6) is -0.229. The summed E-state index contributed by atoms with van der Waals surface area (Å²) in [6, 6.07) is 12.7. The van der Waals surface area contributed by atoms with Crippen molar-refractivity contribution in [3.63, 3.8) is 0 Å². The van der Waals surface area contributed by atoms with E-state index in [0.717, 1.165) is 23.2 Å². The van der Waals surface area contributed by atoms with E-state index in [4.69, 9.17) is 11.6 Å². The SMILES string of the molecule is CC(C)NCc1ccc(Cl)cc1-c1ccc(F)cc1. The zero-order valence-corrected chi connectivity index (χ0v) is 11.8. The lowest BCUT2D eigenvalue weighted by Gasteiger charge is -2.13. The van der Waals surface area contributed by atoms with Gasteiger partial charge in [0.25, 0.3) is 0 Å². The molecule has 1 N–H and O–H groups in total. The lowest BCUT2D eigenvalue weighted by atomic mass is 9.99. The Morgan fingerprint density at radius 2 is 1.79 bits per heavy atom. The molecule has 0 saturated heterocycles. The fourth-order valence-electron chi connectivity index (χ4n) is 1.92. The molecule has 0 aliphatic heterocycles. The van der Waals surface area contributed by atoms with Gasteiger partial charge in [-0.25, -0.2) is 4.39 Å². The Kier molecular flexibility index (Phi) is 4.56. The topological polar surface area (TPSA) is 12.0 Å². The summed E-state index contributed by atoms with van der Waals surface area (Å²) in [5, 5.41) is 4.07. The van der Waals surface area contributed by atoms with Gasteiger partial charge in [0, 0.05) is 17.6 Å². The van der Waals surface area contributed by atoms with E-state index in [-0.39, 0.29) is 5.82 Å². The van der Waals surface area contributed by atoms with Gasteiger partial charge in [-0.15, -0.1) is 0 Å². The van der Waals surface area contributed by atoms with Crippen molar-refractivity contribution in [1.82, 2.24) is 5.32 Å². The third-order valence-corrected chi connectivity index (χ3v) is 3.16. The summed E-state index contributed by atoms with van der Waals surface area (Å²) in [5.41, 5.74) is 3.18. The van der Waals surface area contributed by atoms with Crippen LogP contribution in [0.25, 0.3) is 11.1 Å². The number of benzene rings is 2. The van der Waals surface area contributed by atoms with Crippen molar-refractivity contribution < 1.29 is 4.39 Å². The first-order valence-corrected chi connectivity index (χ1v) is 6.72. The Bertz CT molecular complexity index is 549. The summed E-state index contributed by atoms with van der Waals surface area (Å²) in [6.07, 6.45) is 0. The molecule has 0 aliphatic rings. The van der Waals surface area contributed by atoms with Gasteiger partial charge in [-0.2, -0.15) is 0 Å². The van der Waals surface area contributed by atoms with E-state index in [9.17, 15) is 4.39 Å². The molecule has 100 valence electrons. The molecule has 19 heavy (non-hydrogen) atoms. The highest BCUT2D eigenvalue weighted by Crippen LogP contribution is 2.27. The molecule has 0 heterocycles. The van der Waals surface area contributed by atoms with Crippen LogP contribution < -0.4 is 5.32 Å². The van der Waals surface area contributed by atoms with E-state index < -0.39 is 0 Å². The number of hydrogen-bond donors (Lipinski definition) is 1. The molecule has 0 bridgehead atoms. The zero-order chi connectivity index (χ0) is 13.8. The number of rotatable bonds is 4. The van der Waals surface area contributed by atoms with Gasteiger partial charge in [0.1, 0.15) is 5.82 Å². The molecule has 2 rings (SSSR count). The van der Waals surface area contributed by atoms with Crippen LogP contribution in [-0.4, -0.2) is 6.04 Å². The Labute approximate surface area is 118 Å². The van der Waals surface area contributed by atoms with E-state index >= 15 is 0 Å². The Morgan fingerprint density at radius 3 is 2.42 bits per heavy atom. The van der Waals surface area contributed by atoms with Crippen LogP contribution >= 0.6 is 11.6 Å². The standard InChI is InChI=1S/C16H17ClFN/c1-11(2)19-10-13-3-6-14(17)9-16(13)12-4-7-15(18)8-5-12/h3-9,11,19H,10H2,1-2H3. The van der Waals surface area contributed by atoms with Gasteiger partial charge in [0.2, 0.25) is 0 Å². The van der Waals surface area contributed by atoms with Gasteiger partial charge >= 0.3 is 0 Å². The number of halogens is 2. The molecule has 0 aliphatic carbocycles. The second kappa shape index (κ2) is 6.18. The smallest absolute Gasteiger partial charge is 0.123 e. The molecule has 0 spiro atoms. The van der Waals surface area contributed by atoms with E-state index in [2.05, 4.69) is 19.2 Å². The van der Waals surface area contributed by atoms with Crippen molar-refractivity contribution in [2.45, 2.75) is 26.4 Å². The average molecular weight is 278 g/mol. The van der Waals surface area contributed by atoms with E-state index in [1.54, 1.807) is 12.1 Å². The fourth-order valence-corrected chi connectivity index (χ4v) is 2.09. The van der Waals surface area contributed by atoms with Gasteiger partial charge in [-0.1, -0.05) is 43.6 Å². The molecule has 0 saturated carbocycles. The van der Waals surface area contributed by atoms with Gasteiger partial charge in [-0.05, 0) is 41.0 Å². The molecule has 1 nitrogen and oxygen atoms in total. The van der Waals surface area contributed by atoms with Crippen molar-refractivity contribution in [2.75, 3.05) is 0 Å². The quantitative estimate of drug-likeness (QED) is 0.858. The molecule has 2 aromatic carbocycles. The van der Waals surface area contributed by atoms with E-state index in [1.165, 1.54) is 12.1 Å². The highest BCUT2D eigenvalue weighted by Gasteiger charge is 2.07. The van der Waals surface area contributed by atoms with Crippen LogP contribution in [0.2, 0.25) is 5.02 Å². The third kappa shape index (κ3) is 3.79.